The fourth-order valence-electron chi connectivity index (χ4n) is 6.45. The average molecular weight is 390 g/mol. The van der Waals surface area contributed by atoms with Gasteiger partial charge in [-0.05, 0) is 61.1 Å². The molecular formula is C24H26N2O3. The van der Waals surface area contributed by atoms with Gasteiger partial charge in [0.1, 0.15) is 0 Å². The summed E-state index contributed by atoms with van der Waals surface area (Å²) in [6, 6.07) is 7.14. The molecule has 0 aromatic heterocycles. The molecule has 29 heavy (non-hydrogen) atoms. The first-order chi connectivity index (χ1) is 14.1. The van der Waals surface area contributed by atoms with Crippen molar-refractivity contribution in [1.82, 2.24) is 4.90 Å². The number of carbonyl (C=O) groups excluding carboxylic acids is 3. The van der Waals surface area contributed by atoms with E-state index in [0.717, 1.165) is 32.4 Å². The Morgan fingerprint density at radius 3 is 2.10 bits per heavy atom. The van der Waals surface area contributed by atoms with E-state index in [2.05, 4.69) is 12.2 Å². The van der Waals surface area contributed by atoms with Crippen LogP contribution in [0.5, 0.6) is 0 Å². The van der Waals surface area contributed by atoms with Crippen LogP contribution in [0, 0.1) is 35.5 Å². The first-order valence-electron chi connectivity index (χ1n) is 11.1. The number of allylic oxidation sites excluding steroid dienone is 2. The van der Waals surface area contributed by atoms with Crippen molar-refractivity contribution in [2.45, 2.75) is 32.1 Å². The lowest BCUT2D eigenvalue weighted by molar-refractivity contribution is -0.124. The van der Waals surface area contributed by atoms with Gasteiger partial charge in [-0.15, -0.1) is 0 Å². The van der Waals surface area contributed by atoms with Crippen LogP contribution in [0.25, 0.3) is 0 Å². The van der Waals surface area contributed by atoms with E-state index in [4.69, 9.17) is 0 Å². The second-order valence-electron chi connectivity index (χ2n) is 9.42. The van der Waals surface area contributed by atoms with Crippen molar-refractivity contribution < 1.29 is 14.4 Å². The monoisotopic (exact) mass is 390 g/mol. The summed E-state index contributed by atoms with van der Waals surface area (Å²) in [7, 11) is 0. The highest BCUT2D eigenvalue weighted by molar-refractivity contribution is 6.23. The van der Waals surface area contributed by atoms with Gasteiger partial charge < -0.3 is 4.90 Å². The van der Waals surface area contributed by atoms with Crippen molar-refractivity contribution in [2.24, 2.45) is 35.5 Å². The van der Waals surface area contributed by atoms with Crippen LogP contribution in [0.3, 0.4) is 0 Å². The lowest BCUT2D eigenvalue weighted by Crippen LogP contribution is -2.40. The molecule has 0 radical (unpaired) electrons. The zero-order valence-electron chi connectivity index (χ0n) is 16.5. The Morgan fingerprint density at radius 1 is 0.862 bits per heavy atom. The van der Waals surface area contributed by atoms with Crippen molar-refractivity contribution in [3.63, 3.8) is 0 Å². The molecule has 4 fully saturated rings. The summed E-state index contributed by atoms with van der Waals surface area (Å²) >= 11 is 0. The summed E-state index contributed by atoms with van der Waals surface area (Å²) in [5.74, 6) is 1.10. The average Bonchev–Trinajstić information content (AvgIpc) is 3.55. The molecule has 2 saturated heterocycles. The molecule has 0 N–H and O–H groups in total. The topological polar surface area (TPSA) is 57.7 Å². The maximum absolute atomic E-state index is 13.3. The van der Waals surface area contributed by atoms with Gasteiger partial charge in [0.05, 0.1) is 17.5 Å². The van der Waals surface area contributed by atoms with E-state index in [1.54, 1.807) is 24.3 Å². The van der Waals surface area contributed by atoms with Gasteiger partial charge in [0.15, 0.2) is 0 Å². The van der Waals surface area contributed by atoms with E-state index < -0.39 is 0 Å². The fraction of sp³-hybridized carbons (Fsp3) is 0.542. The molecular weight excluding hydrogens is 364 g/mol. The minimum atomic E-state index is -0.203. The minimum absolute atomic E-state index is 0.00763. The molecule has 2 heterocycles. The van der Waals surface area contributed by atoms with Crippen LogP contribution < -0.4 is 4.90 Å². The van der Waals surface area contributed by atoms with Gasteiger partial charge in [0, 0.05) is 18.7 Å². The van der Waals surface area contributed by atoms with Gasteiger partial charge in [-0.1, -0.05) is 31.1 Å². The Labute approximate surface area is 170 Å². The molecule has 0 spiro atoms. The van der Waals surface area contributed by atoms with Gasteiger partial charge in [0.25, 0.3) is 5.91 Å². The summed E-state index contributed by atoms with van der Waals surface area (Å²) < 4.78 is 0. The number of hydrogen-bond acceptors (Lipinski definition) is 3. The van der Waals surface area contributed by atoms with Gasteiger partial charge in [-0.3, -0.25) is 14.4 Å². The zero-order chi connectivity index (χ0) is 19.7. The molecule has 1 aromatic carbocycles. The predicted molar refractivity (Wildman–Crippen MR) is 108 cm³/mol. The van der Waals surface area contributed by atoms with Crippen LogP contribution in [-0.2, 0) is 9.59 Å². The molecule has 5 heteroatoms. The molecule has 7 rings (SSSR count). The molecule has 150 valence electrons. The van der Waals surface area contributed by atoms with Crippen LogP contribution in [0.1, 0.15) is 42.5 Å². The van der Waals surface area contributed by atoms with E-state index in [1.165, 1.54) is 17.7 Å². The summed E-state index contributed by atoms with van der Waals surface area (Å²) in [5, 5.41) is 0. The van der Waals surface area contributed by atoms with Gasteiger partial charge in [-0.2, -0.15) is 0 Å². The molecule has 3 amide bonds. The fourth-order valence-corrected chi connectivity index (χ4v) is 6.45. The molecule has 0 unspecified atom stereocenters. The second-order valence-corrected chi connectivity index (χ2v) is 9.42. The van der Waals surface area contributed by atoms with E-state index in [0.29, 0.717) is 23.1 Å². The van der Waals surface area contributed by atoms with Crippen molar-refractivity contribution in [2.75, 3.05) is 18.0 Å². The number of likely N-dealkylation sites (tertiary alicyclic amines) is 1. The van der Waals surface area contributed by atoms with Crippen molar-refractivity contribution >= 4 is 23.4 Å². The van der Waals surface area contributed by atoms with Crippen LogP contribution in [0.15, 0.2) is 36.4 Å². The SMILES string of the molecule is O=C(c1cccc(N2C(=O)[C@@H]3[C@H]4C=C[C@@H]([C@@H]5C[C@H]45)[C@H]3C2=O)c1)N1CCCCCC1. The van der Waals surface area contributed by atoms with E-state index >= 15 is 0 Å². The van der Waals surface area contributed by atoms with Crippen molar-refractivity contribution in [3.05, 3.63) is 42.0 Å². The standard InChI is InChI=1S/C24H26N2O3/c27-22(25-10-3-1-2-4-11-25)14-6-5-7-15(12-14)26-23(28)20-16-8-9-17(19-13-18(16)19)21(20)24(26)29/h5-9,12,16-21H,1-4,10-11,13H2/t16-,17-,18-,19+,20+,21+/m0/s1. The van der Waals surface area contributed by atoms with Crippen LogP contribution in [0.2, 0.25) is 0 Å². The number of carbonyl (C=O) groups is 3. The third kappa shape index (κ3) is 2.49. The van der Waals surface area contributed by atoms with E-state index in [9.17, 15) is 14.4 Å². The smallest absolute Gasteiger partial charge is 0.253 e. The normalized spacial score (nSPS) is 37.4. The highest BCUT2D eigenvalue weighted by Gasteiger charge is 2.67. The lowest BCUT2D eigenvalue weighted by atomic mass is 9.63. The predicted octanol–water partition coefficient (Wildman–Crippen LogP) is 3.26. The molecule has 2 saturated carbocycles. The maximum Gasteiger partial charge on any atom is 0.253 e. The molecule has 6 atom stereocenters. The summed E-state index contributed by atoms with van der Waals surface area (Å²) in [5.41, 5.74) is 1.13. The lowest BCUT2D eigenvalue weighted by Gasteiger charge is -2.37. The number of anilines is 1. The molecule has 2 bridgehead atoms. The summed E-state index contributed by atoms with van der Waals surface area (Å²) in [4.78, 5) is 42.9. The van der Waals surface area contributed by atoms with Crippen LogP contribution in [0.4, 0.5) is 5.69 Å². The first kappa shape index (κ1) is 17.4. The Kier molecular flexibility index (Phi) is 3.78. The third-order valence-electron chi connectivity index (χ3n) is 7.91. The van der Waals surface area contributed by atoms with Gasteiger partial charge >= 0.3 is 0 Å². The molecule has 1 aromatic rings. The maximum atomic E-state index is 13.3. The van der Waals surface area contributed by atoms with Crippen molar-refractivity contribution in [3.8, 4) is 0 Å². The van der Waals surface area contributed by atoms with Crippen LogP contribution >= 0.6 is 0 Å². The number of nitrogens with zero attached hydrogens (tertiary/aromatic N) is 2. The van der Waals surface area contributed by atoms with Crippen LogP contribution in [-0.4, -0.2) is 35.7 Å². The highest BCUT2D eigenvalue weighted by Crippen LogP contribution is 2.65. The minimum Gasteiger partial charge on any atom is -0.339 e. The summed E-state index contributed by atoms with van der Waals surface area (Å²) in [6.45, 7) is 1.57. The number of rotatable bonds is 2. The molecule has 4 aliphatic carbocycles. The Morgan fingerprint density at radius 2 is 1.48 bits per heavy atom. The number of hydrogen-bond donors (Lipinski definition) is 0. The summed E-state index contributed by atoms with van der Waals surface area (Å²) in [6.07, 6.45) is 9.95. The first-order valence-corrected chi connectivity index (χ1v) is 11.1. The molecule has 6 aliphatic rings. The second kappa shape index (κ2) is 6.28. The van der Waals surface area contributed by atoms with Gasteiger partial charge in [-0.25, -0.2) is 4.90 Å². The molecule has 5 nitrogen and oxygen atoms in total. The Hall–Kier alpha value is -2.43. The Balaban J connectivity index is 1.30. The van der Waals surface area contributed by atoms with Crippen molar-refractivity contribution in [1.29, 1.82) is 0 Å². The zero-order valence-corrected chi connectivity index (χ0v) is 16.5. The molecule has 2 aliphatic heterocycles. The largest absolute Gasteiger partial charge is 0.339 e. The van der Waals surface area contributed by atoms with E-state index in [1.807, 2.05) is 4.90 Å². The number of imide groups is 1. The quantitative estimate of drug-likeness (QED) is 0.575. The number of benzene rings is 1. The third-order valence-corrected chi connectivity index (χ3v) is 7.91. The Bertz CT molecular complexity index is 894. The number of amides is 3. The highest BCUT2D eigenvalue weighted by atomic mass is 16.2. The van der Waals surface area contributed by atoms with Gasteiger partial charge in [0.2, 0.25) is 11.8 Å². The van der Waals surface area contributed by atoms with E-state index in [-0.39, 0.29) is 41.4 Å².